The molecule has 5 nitrogen and oxygen atoms in total. The highest BCUT2D eigenvalue weighted by molar-refractivity contribution is 5.78. The SMILES string of the molecule is Cc1ccc(CN2C(=O)CCC2c2nc(-c3ccc(C(C)C)cc3)no2)cc1. The van der Waals surface area contributed by atoms with Gasteiger partial charge in [0.15, 0.2) is 0 Å². The second-order valence-electron chi connectivity index (χ2n) is 7.79. The minimum atomic E-state index is -0.162. The summed E-state index contributed by atoms with van der Waals surface area (Å²) in [6.45, 7) is 6.95. The number of aromatic nitrogens is 2. The molecule has 0 N–H and O–H groups in total. The Balaban J connectivity index is 1.54. The van der Waals surface area contributed by atoms with E-state index in [1.165, 1.54) is 11.1 Å². The van der Waals surface area contributed by atoms with Gasteiger partial charge in [0, 0.05) is 18.5 Å². The molecule has 0 spiro atoms. The van der Waals surface area contributed by atoms with Crippen LogP contribution in [0.15, 0.2) is 53.1 Å². The fourth-order valence-electron chi connectivity index (χ4n) is 3.58. The topological polar surface area (TPSA) is 59.2 Å². The molecule has 1 atom stereocenters. The van der Waals surface area contributed by atoms with Gasteiger partial charge in [0.25, 0.3) is 0 Å². The molecule has 2 heterocycles. The van der Waals surface area contributed by atoms with Gasteiger partial charge in [0.1, 0.15) is 6.04 Å². The molecule has 1 fully saturated rings. The highest BCUT2D eigenvalue weighted by Crippen LogP contribution is 2.34. The molecule has 1 amide bonds. The molecule has 1 aromatic heterocycles. The van der Waals surface area contributed by atoms with Crippen molar-refractivity contribution in [2.24, 2.45) is 0 Å². The van der Waals surface area contributed by atoms with Crippen LogP contribution in [0.5, 0.6) is 0 Å². The summed E-state index contributed by atoms with van der Waals surface area (Å²) in [6.07, 6.45) is 1.22. The Hall–Kier alpha value is -2.95. The molecule has 1 aliphatic rings. The van der Waals surface area contributed by atoms with Crippen molar-refractivity contribution in [3.05, 3.63) is 71.1 Å². The van der Waals surface area contributed by atoms with Crippen LogP contribution in [0.25, 0.3) is 11.4 Å². The van der Waals surface area contributed by atoms with E-state index in [0.29, 0.717) is 37.0 Å². The highest BCUT2D eigenvalue weighted by Gasteiger charge is 2.36. The van der Waals surface area contributed by atoms with E-state index in [-0.39, 0.29) is 11.9 Å². The van der Waals surface area contributed by atoms with Crippen molar-refractivity contribution in [3.63, 3.8) is 0 Å². The van der Waals surface area contributed by atoms with Crippen LogP contribution in [0.4, 0.5) is 0 Å². The Morgan fingerprint density at radius 2 is 1.82 bits per heavy atom. The highest BCUT2D eigenvalue weighted by atomic mass is 16.5. The average molecular weight is 375 g/mol. The van der Waals surface area contributed by atoms with Crippen molar-refractivity contribution in [3.8, 4) is 11.4 Å². The van der Waals surface area contributed by atoms with Gasteiger partial charge in [-0.3, -0.25) is 4.79 Å². The second-order valence-corrected chi connectivity index (χ2v) is 7.79. The maximum absolute atomic E-state index is 12.4. The van der Waals surface area contributed by atoms with Gasteiger partial charge < -0.3 is 9.42 Å². The number of hydrogen-bond acceptors (Lipinski definition) is 4. The van der Waals surface area contributed by atoms with E-state index < -0.39 is 0 Å². The minimum Gasteiger partial charge on any atom is -0.337 e. The summed E-state index contributed by atoms with van der Waals surface area (Å²) in [5.74, 6) is 1.70. The fourth-order valence-corrected chi connectivity index (χ4v) is 3.58. The molecule has 1 saturated heterocycles. The van der Waals surface area contributed by atoms with Gasteiger partial charge >= 0.3 is 0 Å². The lowest BCUT2D eigenvalue weighted by atomic mass is 10.0. The van der Waals surface area contributed by atoms with E-state index in [2.05, 4.69) is 67.3 Å². The smallest absolute Gasteiger partial charge is 0.249 e. The maximum Gasteiger partial charge on any atom is 0.249 e. The molecule has 0 bridgehead atoms. The molecule has 3 aromatic rings. The molecule has 5 heteroatoms. The molecule has 144 valence electrons. The van der Waals surface area contributed by atoms with Crippen LogP contribution in [0.1, 0.15) is 61.2 Å². The van der Waals surface area contributed by atoms with E-state index >= 15 is 0 Å². The normalized spacial score (nSPS) is 16.9. The first-order valence-corrected chi connectivity index (χ1v) is 9.80. The second kappa shape index (κ2) is 7.58. The summed E-state index contributed by atoms with van der Waals surface area (Å²) >= 11 is 0. The number of benzene rings is 2. The zero-order valence-corrected chi connectivity index (χ0v) is 16.6. The lowest BCUT2D eigenvalue weighted by Gasteiger charge is -2.22. The molecule has 0 aliphatic carbocycles. The maximum atomic E-state index is 12.4. The van der Waals surface area contributed by atoms with Gasteiger partial charge in [-0.15, -0.1) is 0 Å². The van der Waals surface area contributed by atoms with E-state index in [0.717, 1.165) is 11.1 Å². The average Bonchev–Trinajstić information content (AvgIpc) is 3.31. The predicted molar refractivity (Wildman–Crippen MR) is 108 cm³/mol. The van der Waals surface area contributed by atoms with Gasteiger partial charge in [0.05, 0.1) is 0 Å². The van der Waals surface area contributed by atoms with Crippen LogP contribution in [-0.2, 0) is 11.3 Å². The number of aryl methyl sites for hydroxylation is 1. The van der Waals surface area contributed by atoms with E-state index in [1.54, 1.807) is 0 Å². The van der Waals surface area contributed by atoms with E-state index in [4.69, 9.17) is 4.52 Å². The van der Waals surface area contributed by atoms with Crippen LogP contribution in [0.2, 0.25) is 0 Å². The third-order valence-corrected chi connectivity index (χ3v) is 5.36. The monoisotopic (exact) mass is 375 g/mol. The summed E-state index contributed by atoms with van der Waals surface area (Å²) in [5, 5.41) is 4.16. The number of likely N-dealkylation sites (tertiary alicyclic amines) is 1. The van der Waals surface area contributed by atoms with Crippen molar-refractivity contribution >= 4 is 5.91 Å². The Labute approximate surface area is 165 Å². The Kier molecular flexibility index (Phi) is 4.99. The predicted octanol–water partition coefficient (Wildman–Crippen LogP) is 5.03. The first-order chi connectivity index (χ1) is 13.5. The van der Waals surface area contributed by atoms with Crippen LogP contribution in [0.3, 0.4) is 0 Å². The molecular weight excluding hydrogens is 350 g/mol. The lowest BCUT2D eigenvalue weighted by Crippen LogP contribution is -2.27. The van der Waals surface area contributed by atoms with Crippen molar-refractivity contribution in [1.29, 1.82) is 0 Å². The Bertz CT molecular complexity index is 958. The third kappa shape index (κ3) is 3.70. The van der Waals surface area contributed by atoms with E-state index in [9.17, 15) is 4.79 Å². The van der Waals surface area contributed by atoms with Crippen molar-refractivity contribution in [2.75, 3.05) is 0 Å². The van der Waals surface area contributed by atoms with Crippen LogP contribution in [0, 0.1) is 6.92 Å². The van der Waals surface area contributed by atoms with Crippen molar-refractivity contribution in [2.45, 2.75) is 52.1 Å². The summed E-state index contributed by atoms with van der Waals surface area (Å²) in [7, 11) is 0. The number of carbonyl (C=O) groups is 1. The fraction of sp³-hybridized carbons (Fsp3) is 0.348. The van der Waals surface area contributed by atoms with Crippen LogP contribution < -0.4 is 0 Å². The van der Waals surface area contributed by atoms with Crippen LogP contribution >= 0.6 is 0 Å². The zero-order valence-electron chi connectivity index (χ0n) is 16.6. The van der Waals surface area contributed by atoms with Crippen molar-refractivity contribution in [1.82, 2.24) is 15.0 Å². The number of rotatable bonds is 5. The van der Waals surface area contributed by atoms with Gasteiger partial charge in [-0.2, -0.15) is 4.98 Å². The summed E-state index contributed by atoms with van der Waals surface area (Å²) in [6, 6.07) is 16.3. The third-order valence-electron chi connectivity index (χ3n) is 5.36. The first kappa shape index (κ1) is 18.4. The largest absolute Gasteiger partial charge is 0.337 e. The lowest BCUT2D eigenvalue weighted by molar-refractivity contribution is -0.129. The first-order valence-electron chi connectivity index (χ1n) is 9.80. The summed E-state index contributed by atoms with van der Waals surface area (Å²) < 4.78 is 5.56. The number of hydrogen-bond donors (Lipinski definition) is 0. The number of carbonyl (C=O) groups excluding carboxylic acids is 1. The molecule has 2 aromatic carbocycles. The zero-order chi connectivity index (χ0) is 19.7. The standard InChI is InChI=1S/C23H25N3O2/c1-15(2)18-8-10-19(11-9-18)22-24-23(28-25-22)20-12-13-21(27)26(20)14-17-6-4-16(3)5-7-17/h4-11,15,20H,12-14H2,1-3H3. The molecule has 0 saturated carbocycles. The van der Waals surface area contributed by atoms with Gasteiger partial charge in [-0.1, -0.05) is 73.1 Å². The number of amides is 1. The van der Waals surface area contributed by atoms with Crippen molar-refractivity contribution < 1.29 is 9.32 Å². The quantitative estimate of drug-likeness (QED) is 0.627. The molecular formula is C23H25N3O2. The number of nitrogens with zero attached hydrogens (tertiary/aromatic N) is 3. The summed E-state index contributed by atoms with van der Waals surface area (Å²) in [4.78, 5) is 18.9. The molecule has 28 heavy (non-hydrogen) atoms. The molecule has 0 radical (unpaired) electrons. The summed E-state index contributed by atoms with van der Waals surface area (Å²) in [5.41, 5.74) is 4.51. The van der Waals surface area contributed by atoms with Crippen LogP contribution in [-0.4, -0.2) is 20.9 Å². The van der Waals surface area contributed by atoms with Gasteiger partial charge in [0.2, 0.25) is 17.6 Å². The molecule has 1 aliphatic heterocycles. The van der Waals surface area contributed by atoms with Gasteiger partial charge in [-0.05, 0) is 30.4 Å². The molecule has 4 rings (SSSR count). The Morgan fingerprint density at radius 3 is 2.50 bits per heavy atom. The Morgan fingerprint density at radius 1 is 1.11 bits per heavy atom. The van der Waals surface area contributed by atoms with Gasteiger partial charge in [-0.25, -0.2) is 0 Å². The van der Waals surface area contributed by atoms with E-state index in [1.807, 2.05) is 17.0 Å². The molecule has 1 unspecified atom stereocenters. The minimum absolute atomic E-state index is 0.131.